The Labute approximate surface area is 165 Å². The highest BCUT2D eigenvalue weighted by Crippen LogP contribution is 2.21. The molecule has 134 valence electrons. The molecule has 7 heteroatoms. The Bertz CT molecular complexity index is 910. The summed E-state index contributed by atoms with van der Waals surface area (Å²) in [5, 5.41) is 6.87. The quantitative estimate of drug-likeness (QED) is 0.586. The lowest BCUT2D eigenvalue weighted by molar-refractivity contribution is -0.115. The molecule has 0 spiro atoms. The fourth-order valence-electron chi connectivity index (χ4n) is 2.30. The number of ether oxygens (including phenoxy) is 1. The SMILES string of the molecule is Cc1cc(Cl)ccc1NC(=O)Cc1csc(COc2ccc(Cl)cc2)n1. The van der Waals surface area contributed by atoms with Crippen LogP contribution < -0.4 is 10.1 Å². The summed E-state index contributed by atoms with van der Waals surface area (Å²) in [5.41, 5.74) is 2.39. The first-order valence-corrected chi connectivity index (χ1v) is 9.51. The summed E-state index contributed by atoms with van der Waals surface area (Å²) in [6.07, 6.45) is 0.208. The summed E-state index contributed by atoms with van der Waals surface area (Å²) >= 11 is 13.2. The number of halogens is 2. The summed E-state index contributed by atoms with van der Waals surface area (Å²) in [5.74, 6) is 0.605. The maximum absolute atomic E-state index is 12.2. The molecular formula is C19H16Cl2N2O2S. The number of carbonyl (C=O) groups excluding carboxylic acids is 1. The molecule has 0 saturated carbocycles. The zero-order chi connectivity index (χ0) is 18.5. The second-order valence-electron chi connectivity index (χ2n) is 5.66. The molecule has 2 aromatic carbocycles. The predicted octanol–water partition coefficient (Wildman–Crippen LogP) is 5.52. The fraction of sp³-hybridized carbons (Fsp3) is 0.158. The van der Waals surface area contributed by atoms with Gasteiger partial charge in [0.15, 0.2) is 0 Å². The van der Waals surface area contributed by atoms with Gasteiger partial charge >= 0.3 is 0 Å². The molecule has 0 aliphatic carbocycles. The van der Waals surface area contributed by atoms with Crippen molar-refractivity contribution < 1.29 is 9.53 Å². The van der Waals surface area contributed by atoms with Gasteiger partial charge in [-0.05, 0) is 55.0 Å². The maximum Gasteiger partial charge on any atom is 0.230 e. The van der Waals surface area contributed by atoms with Crippen LogP contribution in [0, 0.1) is 6.92 Å². The zero-order valence-electron chi connectivity index (χ0n) is 14.0. The minimum atomic E-state index is -0.120. The monoisotopic (exact) mass is 406 g/mol. The number of nitrogens with zero attached hydrogens (tertiary/aromatic N) is 1. The van der Waals surface area contributed by atoms with E-state index in [0.29, 0.717) is 22.3 Å². The molecule has 1 N–H and O–H groups in total. The molecular weight excluding hydrogens is 391 g/mol. The molecule has 0 unspecified atom stereocenters. The average molecular weight is 407 g/mol. The van der Waals surface area contributed by atoms with Crippen molar-refractivity contribution in [1.29, 1.82) is 0 Å². The van der Waals surface area contributed by atoms with Crippen LogP contribution in [0.4, 0.5) is 5.69 Å². The van der Waals surface area contributed by atoms with Crippen LogP contribution in [0.15, 0.2) is 47.8 Å². The van der Waals surface area contributed by atoms with Gasteiger partial charge in [-0.1, -0.05) is 23.2 Å². The first kappa shape index (κ1) is 18.7. The van der Waals surface area contributed by atoms with Crippen LogP contribution in [-0.2, 0) is 17.8 Å². The normalized spacial score (nSPS) is 10.6. The number of aromatic nitrogens is 1. The molecule has 3 aromatic rings. The van der Waals surface area contributed by atoms with Crippen molar-refractivity contribution in [2.45, 2.75) is 20.0 Å². The van der Waals surface area contributed by atoms with Gasteiger partial charge in [0, 0.05) is 21.1 Å². The van der Waals surface area contributed by atoms with Gasteiger partial charge in [0.2, 0.25) is 5.91 Å². The van der Waals surface area contributed by atoms with Crippen molar-refractivity contribution >= 4 is 46.1 Å². The van der Waals surface area contributed by atoms with Crippen LogP contribution in [0.3, 0.4) is 0 Å². The Morgan fingerprint density at radius 3 is 2.62 bits per heavy atom. The molecule has 0 aliphatic heterocycles. The number of thiazole rings is 1. The van der Waals surface area contributed by atoms with Crippen LogP contribution in [0.25, 0.3) is 0 Å². The van der Waals surface area contributed by atoms with E-state index in [-0.39, 0.29) is 12.3 Å². The van der Waals surface area contributed by atoms with Gasteiger partial charge in [0.1, 0.15) is 17.4 Å². The first-order valence-electron chi connectivity index (χ1n) is 7.87. The lowest BCUT2D eigenvalue weighted by atomic mass is 10.2. The molecule has 1 heterocycles. The van der Waals surface area contributed by atoms with E-state index in [1.165, 1.54) is 11.3 Å². The minimum Gasteiger partial charge on any atom is -0.486 e. The number of hydrogen-bond donors (Lipinski definition) is 1. The Morgan fingerprint density at radius 1 is 1.15 bits per heavy atom. The molecule has 26 heavy (non-hydrogen) atoms. The standard InChI is InChI=1S/C19H16Cl2N2O2S/c1-12-8-14(21)4-7-17(12)23-18(24)9-15-11-26-19(22-15)10-25-16-5-2-13(20)3-6-16/h2-8,11H,9-10H2,1H3,(H,23,24). The van der Waals surface area contributed by atoms with Gasteiger partial charge in [-0.25, -0.2) is 4.98 Å². The summed E-state index contributed by atoms with van der Waals surface area (Å²) in [6.45, 7) is 2.25. The number of carbonyl (C=O) groups is 1. The molecule has 4 nitrogen and oxygen atoms in total. The largest absolute Gasteiger partial charge is 0.486 e. The maximum atomic E-state index is 12.2. The van der Waals surface area contributed by atoms with Gasteiger partial charge in [0.05, 0.1) is 12.1 Å². The summed E-state index contributed by atoms with van der Waals surface area (Å²) in [7, 11) is 0. The Balaban J connectivity index is 1.54. The predicted molar refractivity (Wildman–Crippen MR) is 106 cm³/mol. The number of hydrogen-bond acceptors (Lipinski definition) is 4. The number of amides is 1. The topological polar surface area (TPSA) is 51.2 Å². The third-order valence-electron chi connectivity index (χ3n) is 3.58. The van der Waals surface area contributed by atoms with Crippen LogP contribution in [0.2, 0.25) is 10.0 Å². The number of rotatable bonds is 6. The fourth-order valence-corrected chi connectivity index (χ4v) is 3.36. The number of nitrogens with one attached hydrogen (secondary N) is 1. The van der Waals surface area contributed by atoms with E-state index in [4.69, 9.17) is 27.9 Å². The molecule has 0 saturated heterocycles. The van der Waals surface area contributed by atoms with E-state index in [9.17, 15) is 4.79 Å². The summed E-state index contributed by atoms with van der Waals surface area (Å²) in [6, 6.07) is 12.5. The summed E-state index contributed by atoms with van der Waals surface area (Å²) in [4.78, 5) is 16.7. The highest BCUT2D eigenvalue weighted by atomic mass is 35.5. The first-order chi connectivity index (χ1) is 12.5. The Morgan fingerprint density at radius 2 is 1.88 bits per heavy atom. The molecule has 0 aliphatic rings. The number of benzene rings is 2. The van der Waals surface area contributed by atoms with Gasteiger partial charge in [-0.15, -0.1) is 11.3 Å². The third-order valence-corrected chi connectivity index (χ3v) is 4.94. The highest BCUT2D eigenvalue weighted by Gasteiger charge is 2.10. The second kappa shape index (κ2) is 8.54. The van der Waals surface area contributed by atoms with Crippen molar-refractivity contribution in [2.24, 2.45) is 0 Å². The molecule has 0 fully saturated rings. The van der Waals surface area contributed by atoms with E-state index in [1.54, 1.807) is 36.4 Å². The lowest BCUT2D eigenvalue weighted by Gasteiger charge is -2.07. The highest BCUT2D eigenvalue weighted by molar-refractivity contribution is 7.09. The molecule has 1 amide bonds. The average Bonchev–Trinajstić information content (AvgIpc) is 3.04. The summed E-state index contributed by atoms with van der Waals surface area (Å²) < 4.78 is 5.66. The van der Waals surface area contributed by atoms with Crippen molar-refractivity contribution in [1.82, 2.24) is 4.98 Å². The Hall–Kier alpha value is -2.08. The van der Waals surface area contributed by atoms with Crippen LogP contribution in [0.5, 0.6) is 5.75 Å². The van der Waals surface area contributed by atoms with Gasteiger partial charge in [0.25, 0.3) is 0 Å². The zero-order valence-corrected chi connectivity index (χ0v) is 16.3. The van der Waals surface area contributed by atoms with Gasteiger partial charge < -0.3 is 10.1 Å². The third kappa shape index (κ3) is 5.21. The van der Waals surface area contributed by atoms with E-state index < -0.39 is 0 Å². The molecule has 0 bridgehead atoms. The number of aryl methyl sites for hydroxylation is 1. The van der Waals surface area contributed by atoms with Crippen LogP contribution >= 0.6 is 34.5 Å². The minimum absolute atomic E-state index is 0.120. The van der Waals surface area contributed by atoms with Crippen molar-refractivity contribution in [3.05, 3.63) is 74.2 Å². The molecule has 0 atom stereocenters. The number of anilines is 1. The van der Waals surface area contributed by atoms with E-state index >= 15 is 0 Å². The van der Waals surface area contributed by atoms with Crippen LogP contribution in [-0.4, -0.2) is 10.9 Å². The van der Waals surface area contributed by atoms with Crippen molar-refractivity contribution in [3.8, 4) is 5.75 Å². The molecule has 1 aromatic heterocycles. The molecule has 3 rings (SSSR count). The smallest absolute Gasteiger partial charge is 0.230 e. The van der Waals surface area contributed by atoms with Crippen molar-refractivity contribution in [3.63, 3.8) is 0 Å². The van der Waals surface area contributed by atoms with Gasteiger partial charge in [-0.2, -0.15) is 0 Å². The van der Waals surface area contributed by atoms with E-state index in [0.717, 1.165) is 22.0 Å². The Kier molecular flexibility index (Phi) is 6.14. The lowest BCUT2D eigenvalue weighted by Crippen LogP contribution is -2.15. The van der Waals surface area contributed by atoms with Gasteiger partial charge in [-0.3, -0.25) is 4.79 Å². The molecule has 0 radical (unpaired) electrons. The van der Waals surface area contributed by atoms with E-state index in [1.807, 2.05) is 18.4 Å². The van der Waals surface area contributed by atoms with E-state index in [2.05, 4.69) is 10.3 Å². The van der Waals surface area contributed by atoms with Crippen LogP contribution in [0.1, 0.15) is 16.3 Å². The van der Waals surface area contributed by atoms with Crippen molar-refractivity contribution in [2.75, 3.05) is 5.32 Å². The second-order valence-corrected chi connectivity index (χ2v) is 7.47.